The second-order valence-electron chi connectivity index (χ2n) is 6.00. The van der Waals surface area contributed by atoms with Crippen LogP contribution < -0.4 is 11.2 Å². The Kier molecular flexibility index (Phi) is 3.69. The van der Waals surface area contributed by atoms with Crippen LogP contribution >= 0.6 is 0 Å². The van der Waals surface area contributed by atoms with Crippen molar-refractivity contribution in [1.82, 2.24) is 19.1 Å². The Morgan fingerprint density at radius 3 is 2.62 bits per heavy atom. The van der Waals surface area contributed by atoms with E-state index < -0.39 is 0 Å². The summed E-state index contributed by atoms with van der Waals surface area (Å²) in [5.41, 5.74) is 0.421. The third kappa shape index (κ3) is 2.43. The summed E-state index contributed by atoms with van der Waals surface area (Å²) in [6.07, 6.45) is 6.78. The fourth-order valence-electron chi connectivity index (χ4n) is 3.24. The van der Waals surface area contributed by atoms with E-state index >= 15 is 0 Å². The summed E-state index contributed by atoms with van der Waals surface area (Å²) >= 11 is 0. The molecule has 2 aromatic heterocycles. The van der Waals surface area contributed by atoms with Crippen LogP contribution in [-0.4, -0.2) is 19.1 Å². The summed E-state index contributed by atoms with van der Waals surface area (Å²) < 4.78 is 2.87. The maximum atomic E-state index is 12.4. The first kappa shape index (κ1) is 14.1. The Hall–Kier alpha value is -1.85. The smallest absolute Gasteiger partial charge is 0.332 e. The second-order valence-corrected chi connectivity index (χ2v) is 6.00. The number of imidazole rings is 1. The lowest BCUT2D eigenvalue weighted by Gasteiger charge is -2.22. The quantitative estimate of drug-likeness (QED) is 0.932. The molecule has 6 nitrogen and oxygen atoms in total. The molecule has 0 bridgehead atoms. The number of fused-ring (bicyclic) bond motifs is 1. The second kappa shape index (κ2) is 5.50. The van der Waals surface area contributed by atoms with Crippen molar-refractivity contribution < 1.29 is 0 Å². The average Bonchev–Trinajstić information content (AvgIpc) is 2.95. The molecule has 0 unspecified atom stereocenters. The van der Waals surface area contributed by atoms with Crippen LogP contribution in [0.15, 0.2) is 9.59 Å². The molecular weight excluding hydrogens is 268 g/mol. The molecule has 1 aliphatic rings. The van der Waals surface area contributed by atoms with Crippen LogP contribution in [0.25, 0.3) is 11.2 Å². The number of hydrogen-bond donors (Lipinski definition) is 1. The van der Waals surface area contributed by atoms with Gasteiger partial charge in [-0.3, -0.25) is 13.9 Å². The number of hydrogen-bond acceptors (Lipinski definition) is 3. The van der Waals surface area contributed by atoms with Crippen LogP contribution in [0.3, 0.4) is 0 Å². The summed E-state index contributed by atoms with van der Waals surface area (Å²) in [6, 6.07) is 0. The summed E-state index contributed by atoms with van der Waals surface area (Å²) in [6.45, 7) is 2.64. The molecule has 0 saturated heterocycles. The Bertz CT molecular complexity index is 762. The maximum Gasteiger partial charge on any atom is 0.332 e. The summed E-state index contributed by atoms with van der Waals surface area (Å²) in [4.78, 5) is 32.2. The first-order chi connectivity index (χ1) is 10.1. The van der Waals surface area contributed by atoms with Gasteiger partial charge in [0.25, 0.3) is 5.56 Å². The molecule has 21 heavy (non-hydrogen) atoms. The van der Waals surface area contributed by atoms with Crippen LogP contribution in [0.4, 0.5) is 0 Å². The van der Waals surface area contributed by atoms with Crippen molar-refractivity contribution >= 4 is 11.2 Å². The molecule has 1 aliphatic carbocycles. The van der Waals surface area contributed by atoms with Gasteiger partial charge in [-0.1, -0.05) is 26.2 Å². The fraction of sp³-hybridized carbons (Fsp3) is 0.667. The lowest BCUT2D eigenvalue weighted by Crippen LogP contribution is -2.39. The predicted octanol–water partition coefficient (Wildman–Crippen LogP) is 1.57. The minimum absolute atomic E-state index is 0.257. The highest BCUT2D eigenvalue weighted by molar-refractivity contribution is 5.69. The number of rotatable bonds is 3. The molecule has 1 fully saturated rings. The minimum Gasteiger partial charge on any atom is -0.336 e. The van der Waals surface area contributed by atoms with E-state index in [1.165, 1.54) is 30.9 Å². The number of H-pyrrole nitrogens is 1. The van der Waals surface area contributed by atoms with Gasteiger partial charge in [0.15, 0.2) is 5.65 Å². The third-order valence-corrected chi connectivity index (χ3v) is 4.53. The van der Waals surface area contributed by atoms with Crippen LogP contribution in [0.5, 0.6) is 0 Å². The molecule has 0 amide bonds. The first-order valence-electron chi connectivity index (χ1n) is 7.80. The van der Waals surface area contributed by atoms with Gasteiger partial charge >= 0.3 is 5.69 Å². The Morgan fingerprint density at radius 1 is 1.24 bits per heavy atom. The van der Waals surface area contributed by atoms with Gasteiger partial charge in [-0.2, -0.15) is 0 Å². The SMILES string of the molecule is CCc1nc2c([nH]1)c(=O)n(C)c(=O)n2CC1CCCCC1. The molecule has 2 aromatic rings. The maximum absolute atomic E-state index is 12.4. The van der Waals surface area contributed by atoms with E-state index in [9.17, 15) is 9.59 Å². The zero-order chi connectivity index (χ0) is 15.0. The van der Waals surface area contributed by atoms with Gasteiger partial charge in [0.05, 0.1) is 0 Å². The van der Waals surface area contributed by atoms with E-state index in [0.717, 1.165) is 25.1 Å². The highest BCUT2D eigenvalue weighted by Crippen LogP contribution is 2.25. The molecule has 0 radical (unpaired) electrons. The normalized spacial score (nSPS) is 16.7. The van der Waals surface area contributed by atoms with Gasteiger partial charge in [0.2, 0.25) is 0 Å². The average molecular weight is 290 g/mol. The van der Waals surface area contributed by atoms with E-state index in [2.05, 4.69) is 9.97 Å². The number of aromatic amines is 1. The van der Waals surface area contributed by atoms with Crippen molar-refractivity contribution in [2.45, 2.75) is 52.0 Å². The highest BCUT2D eigenvalue weighted by atomic mass is 16.2. The van der Waals surface area contributed by atoms with E-state index in [1.54, 1.807) is 4.57 Å². The number of aromatic nitrogens is 4. The molecule has 1 N–H and O–H groups in total. The number of nitrogens with zero attached hydrogens (tertiary/aromatic N) is 3. The van der Waals surface area contributed by atoms with Crippen LogP contribution in [0.2, 0.25) is 0 Å². The fourth-order valence-corrected chi connectivity index (χ4v) is 3.24. The van der Waals surface area contributed by atoms with Crippen molar-refractivity contribution in [3.05, 3.63) is 26.7 Å². The Balaban J connectivity index is 2.13. The van der Waals surface area contributed by atoms with Crippen molar-refractivity contribution in [3.8, 4) is 0 Å². The van der Waals surface area contributed by atoms with Crippen molar-refractivity contribution in [3.63, 3.8) is 0 Å². The number of aryl methyl sites for hydroxylation is 1. The highest BCUT2D eigenvalue weighted by Gasteiger charge is 2.19. The molecule has 3 rings (SSSR count). The molecule has 114 valence electrons. The molecular formula is C15H22N4O2. The van der Waals surface area contributed by atoms with Gasteiger partial charge < -0.3 is 4.98 Å². The van der Waals surface area contributed by atoms with Gasteiger partial charge in [0, 0.05) is 20.0 Å². The molecule has 0 aromatic carbocycles. The molecule has 0 aliphatic heterocycles. The Morgan fingerprint density at radius 2 is 1.95 bits per heavy atom. The van der Waals surface area contributed by atoms with Crippen molar-refractivity contribution in [2.24, 2.45) is 13.0 Å². The van der Waals surface area contributed by atoms with Crippen molar-refractivity contribution in [2.75, 3.05) is 0 Å². The van der Waals surface area contributed by atoms with Gasteiger partial charge in [-0.25, -0.2) is 9.78 Å². The van der Waals surface area contributed by atoms with Crippen molar-refractivity contribution in [1.29, 1.82) is 0 Å². The summed E-state index contributed by atoms with van der Waals surface area (Å²) in [7, 11) is 1.54. The van der Waals surface area contributed by atoms with E-state index in [4.69, 9.17) is 0 Å². The van der Waals surface area contributed by atoms with E-state index in [1.807, 2.05) is 6.92 Å². The zero-order valence-corrected chi connectivity index (χ0v) is 12.7. The van der Waals surface area contributed by atoms with E-state index in [0.29, 0.717) is 23.6 Å². The van der Waals surface area contributed by atoms with Gasteiger partial charge in [-0.15, -0.1) is 0 Å². The van der Waals surface area contributed by atoms with Crippen LogP contribution in [0.1, 0.15) is 44.9 Å². The molecule has 0 spiro atoms. The Labute approximate surface area is 122 Å². The molecule has 0 atom stereocenters. The topological polar surface area (TPSA) is 72.7 Å². The predicted molar refractivity (Wildman–Crippen MR) is 81.5 cm³/mol. The van der Waals surface area contributed by atoms with Crippen LogP contribution in [-0.2, 0) is 20.0 Å². The number of nitrogens with one attached hydrogen (secondary N) is 1. The zero-order valence-electron chi connectivity index (χ0n) is 12.7. The van der Waals surface area contributed by atoms with Crippen LogP contribution in [0, 0.1) is 5.92 Å². The summed E-state index contributed by atoms with van der Waals surface area (Å²) in [5, 5.41) is 0. The standard InChI is InChI=1S/C15H22N4O2/c1-3-11-16-12-13(17-11)19(15(21)18(2)14(12)20)9-10-7-5-4-6-8-10/h10H,3-9H2,1-2H3,(H,16,17). The lowest BCUT2D eigenvalue weighted by molar-refractivity contribution is 0.315. The van der Waals surface area contributed by atoms with E-state index in [-0.39, 0.29) is 11.2 Å². The third-order valence-electron chi connectivity index (χ3n) is 4.53. The summed E-state index contributed by atoms with van der Waals surface area (Å²) in [5.74, 6) is 1.27. The largest absolute Gasteiger partial charge is 0.336 e. The minimum atomic E-state index is -0.290. The first-order valence-corrected chi connectivity index (χ1v) is 7.80. The molecule has 1 saturated carbocycles. The van der Waals surface area contributed by atoms with Gasteiger partial charge in [-0.05, 0) is 18.8 Å². The molecule has 2 heterocycles. The molecule has 6 heteroatoms. The van der Waals surface area contributed by atoms with Gasteiger partial charge in [0.1, 0.15) is 11.3 Å². The lowest BCUT2D eigenvalue weighted by atomic mass is 9.89. The monoisotopic (exact) mass is 290 g/mol.